The van der Waals surface area contributed by atoms with Crippen molar-refractivity contribution in [3.05, 3.63) is 65.2 Å². The van der Waals surface area contributed by atoms with Gasteiger partial charge in [0.2, 0.25) is 5.91 Å². The highest BCUT2D eigenvalue weighted by atomic mass is 16.2. The van der Waals surface area contributed by atoms with E-state index in [1.54, 1.807) is 12.1 Å². The number of benzene rings is 2. The summed E-state index contributed by atoms with van der Waals surface area (Å²) in [4.78, 5) is 26.7. The molecule has 1 fully saturated rings. The monoisotopic (exact) mass is 351 g/mol. The molecule has 0 spiro atoms. The molecular weight excluding hydrogens is 326 g/mol. The van der Waals surface area contributed by atoms with Gasteiger partial charge in [-0.15, -0.1) is 0 Å². The number of hydrogen-bond acceptors (Lipinski definition) is 3. The first-order valence-electron chi connectivity index (χ1n) is 9.05. The quantitative estimate of drug-likeness (QED) is 0.870. The Morgan fingerprint density at radius 1 is 1.12 bits per heavy atom. The van der Waals surface area contributed by atoms with Gasteiger partial charge in [0.25, 0.3) is 5.91 Å². The van der Waals surface area contributed by atoms with E-state index in [4.69, 9.17) is 5.73 Å². The lowest BCUT2D eigenvalue weighted by molar-refractivity contribution is -0.117. The molecular formula is C21H25N3O2. The third-order valence-corrected chi connectivity index (χ3v) is 4.76. The predicted molar refractivity (Wildman–Crippen MR) is 103 cm³/mol. The Morgan fingerprint density at radius 2 is 1.81 bits per heavy atom. The number of aryl methyl sites for hydroxylation is 1. The average molecular weight is 351 g/mol. The fourth-order valence-corrected chi connectivity index (χ4v) is 3.23. The highest BCUT2D eigenvalue weighted by molar-refractivity contribution is 5.98. The summed E-state index contributed by atoms with van der Waals surface area (Å²) in [7, 11) is 0. The lowest BCUT2D eigenvalue weighted by Gasteiger charge is -2.17. The van der Waals surface area contributed by atoms with E-state index in [2.05, 4.69) is 5.32 Å². The van der Waals surface area contributed by atoms with Crippen molar-refractivity contribution in [2.45, 2.75) is 32.2 Å². The minimum Gasteiger partial charge on any atom is -0.339 e. The number of nitrogens with one attached hydrogen (secondary N) is 1. The number of nitrogens with two attached hydrogens (primary N) is 1. The minimum absolute atomic E-state index is 0.0595. The van der Waals surface area contributed by atoms with E-state index in [9.17, 15) is 9.59 Å². The molecule has 1 aliphatic rings. The number of likely N-dealkylation sites (tertiary alicyclic amines) is 1. The Kier molecular flexibility index (Phi) is 5.68. The van der Waals surface area contributed by atoms with Gasteiger partial charge in [0.15, 0.2) is 0 Å². The van der Waals surface area contributed by atoms with Gasteiger partial charge >= 0.3 is 0 Å². The van der Waals surface area contributed by atoms with Crippen LogP contribution >= 0.6 is 0 Å². The molecule has 2 aromatic carbocycles. The molecule has 5 nitrogen and oxygen atoms in total. The van der Waals surface area contributed by atoms with Gasteiger partial charge in [-0.1, -0.05) is 30.3 Å². The van der Waals surface area contributed by atoms with Gasteiger partial charge in [0.1, 0.15) is 0 Å². The Balaban J connectivity index is 1.64. The Hall–Kier alpha value is -2.66. The van der Waals surface area contributed by atoms with E-state index >= 15 is 0 Å². The van der Waals surface area contributed by atoms with Crippen LogP contribution in [0, 0.1) is 6.92 Å². The molecule has 26 heavy (non-hydrogen) atoms. The summed E-state index contributed by atoms with van der Waals surface area (Å²) in [6.45, 7) is 3.54. The highest BCUT2D eigenvalue weighted by Crippen LogP contribution is 2.20. The standard InChI is InChI=1S/C21H25N3O2/c1-15-13-17(21(26)24-11-5-6-12-24)9-10-19(15)23-20(25)18(22)14-16-7-3-2-4-8-16/h2-4,7-10,13,18H,5-6,11-12,14,22H2,1H3,(H,23,25)/t18-/m0/s1. The number of nitrogens with zero attached hydrogens (tertiary/aromatic N) is 1. The van der Waals surface area contributed by atoms with Crippen LogP contribution in [0.5, 0.6) is 0 Å². The van der Waals surface area contributed by atoms with E-state index in [0.717, 1.165) is 37.1 Å². The van der Waals surface area contributed by atoms with Gasteiger partial charge in [-0.05, 0) is 55.5 Å². The van der Waals surface area contributed by atoms with Crippen molar-refractivity contribution in [3.8, 4) is 0 Å². The van der Waals surface area contributed by atoms with Crippen LogP contribution in [0.3, 0.4) is 0 Å². The zero-order chi connectivity index (χ0) is 18.5. The Morgan fingerprint density at radius 3 is 2.46 bits per heavy atom. The molecule has 3 N–H and O–H groups in total. The molecule has 1 atom stereocenters. The first kappa shape index (κ1) is 18.1. The maximum Gasteiger partial charge on any atom is 0.253 e. The van der Waals surface area contributed by atoms with Crippen molar-refractivity contribution < 1.29 is 9.59 Å². The summed E-state index contributed by atoms with van der Waals surface area (Å²) in [5.41, 5.74) is 9.27. The first-order chi connectivity index (χ1) is 12.5. The molecule has 136 valence electrons. The lowest BCUT2D eigenvalue weighted by atomic mass is 10.1. The minimum atomic E-state index is -0.622. The summed E-state index contributed by atoms with van der Waals surface area (Å²) < 4.78 is 0. The largest absolute Gasteiger partial charge is 0.339 e. The van der Waals surface area contributed by atoms with Gasteiger partial charge in [-0.3, -0.25) is 9.59 Å². The Bertz CT molecular complexity index is 783. The molecule has 3 rings (SSSR count). The molecule has 0 unspecified atom stereocenters. The smallest absolute Gasteiger partial charge is 0.253 e. The summed E-state index contributed by atoms with van der Waals surface area (Å²) in [5.74, 6) is -0.167. The molecule has 0 saturated carbocycles. The van der Waals surface area contributed by atoms with Crippen LogP contribution in [0.15, 0.2) is 48.5 Å². The lowest BCUT2D eigenvalue weighted by Crippen LogP contribution is -2.37. The van der Waals surface area contributed by atoms with Crippen LogP contribution in [0.2, 0.25) is 0 Å². The number of hydrogen-bond donors (Lipinski definition) is 2. The third kappa shape index (κ3) is 4.29. The third-order valence-electron chi connectivity index (χ3n) is 4.76. The van der Waals surface area contributed by atoms with Crippen molar-refractivity contribution in [2.75, 3.05) is 18.4 Å². The van der Waals surface area contributed by atoms with Gasteiger partial charge < -0.3 is 16.0 Å². The average Bonchev–Trinajstić information content (AvgIpc) is 3.18. The van der Waals surface area contributed by atoms with Crippen LogP contribution < -0.4 is 11.1 Å². The molecule has 0 radical (unpaired) electrons. The summed E-state index contributed by atoms with van der Waals surface area (Å²) in [6, 6.07) is 14.5. The van der Waals surface area contributed by atoms with Crippen LogP contribution in [0.25, 0.3) is 0 Å². The van der Waals surface area contributed by atoms with Crippen molar-refractivity contribution in [1.29, 1.82) is 0 Å². The maximum absolute atomic E-state index is 12.5. The molecule has 1 heterocycles. The molecule has 1 aliphatic heterocycles. The second-order valence-corrected chi connectivity index (χ2v) is 6.81. The van der Waals surface area contributed by atoms with E-state index in [1.807, 2.05) is 48.2 Å². The Labute approximate surface area is 154 Å². The number of rotatable bonds is 5. The van der Waals surface area contributed by atoms with Crippen molar-refractivity contribution in [3.63, 3.8) is 0 Å². The second-order valence-electron chi connectivity index (χ2n) is 6.81. The second kappa shape index (κ2) is 8.15. The number of amides is 2. The van der Waals surface area contributed by atoms with Crippen LogP contribution in [0.4, 0.5) is 5.69 Å². The summed E-state index contributed by atoms with van der Waals surface area (Å²) in [6.07, 6.45) is 2.62. The van der Waals surface area contributed by atoms with Crippen LogP contribution in [0.1, 0.15) is 34.3 Å². The molecule has 2 amide bonds. The van der Waals surface area contributed by atoms with Crippen molar-refractivity contribution in [1.82, 2.24) is 4.90 Å². The predicted octanol–water partition coefficient (Wildman–Crippen LogP) is 2.74. The summed E-state index contributed by atoms with van der Waals surface area (Å²) in [5, 5.41) is 2.88. The first-order valence-corrected chi connectivity index (χ1v) is 9.05. The van der Waals surface area contributed by atoms with Crippen molar-refractivity contribution in [2.24, 2.45) is 5.73 Å². The van der Waals surface area contributed by atoms with Gasteiger partial charge in [-0.2, -0.15) is 0 Å². The van der Waals surface area contributed by atoms with Crippen LogP contribution in [-0.2, 0) is 11.2 Å². The van der Waals surface area contributed by atoms with Gasteiger partial charge in [0.05, 0.1) is 6.04 Å². The maximum atomic E-state index is 12.5. The number of carbonyl (C=O) groups is 2. The molecule has 1 saturated heterocycles. The normalized spacial score (nSPS) is 14.9. The topological polar surface area (TPSA) is 75.4 Å². The zero-order valence-electron chi connectivity index (χ0n) is 15.1. The fourth-order valence-electron chi connectivity index (χ4n) is 3.23. The number of anilines is 1. The summed E-state index contributed by atoms with van der Waals surface area (Å²) >= 11 is 0. The van der Waals surface area contributed by atoms with Gasteiger partial charge in [0, 0.05) is 24.3 Å². The molecule has 0 aromatic heterocycles. The molecule has 5 heteroatoms. The number of carbonyl (C=O) groups excluding carboxylic acids is 2. The molecule has 0 aliphatic carbocycles. The van der Waals surface area contributed by atoms with Crippen LogP contribution in [-0.4, -0.2) is 35.8 Å². The highest BCUT2D eigenvalue weighted by Gasteiger charge is 2.20. The van der Waals surface area contributed by atoms with Crippen molar-refractivity contribution >= 4 is 17.5 Å². The zero-order valence-corrected chi connectivity index (χ0v) is 15.1. The van der Waals surface area contributed by atoms with E-state index in [0.29, 0.717) is 17.7 Å². The van der Waals surface area contributed by atoms with E-state index in [1.165, 1.54) is 0 Å². The fraction of sp³-hybridized carbons (Fsp3) is 0.333. The van der Waals surface area contributed by atoms with Gasteiger partial charge in [-0.25, -0.2) is 0 Å². The van der Waals surface area contributed by atoms with E-state index in [-0.39, 0.29) is 11.8 Å². The molecule has 0 bridgehead atoms. The molecule has 2 aromatic rings. The SMILES string of the molecule is Cc1cc(C(=O)N2CCCC2)ccc1NC(=O)[C@@H](N)Cc1ccccc1. The van der Waals surface area contributed by atoms with E-state index < -0.39 is 6.04 Å².